The number of aromatic amines is 1. The Morgan fingerprint density at radius 2 is 1.92 bits per heavy atom. The van der Waals surface area contributed by atoms with Crippen molar-refractivity contribution in [3.8, 4) is 0 Å². The van der Waals surface area contributed by atoms with Gasteiger partial charge in [0.2, 0.25) is 0 Å². The first-order valence-corrected chi connectivity index (χ1v) is 8.81. The van der Waals surface area contributed by atoms with Crippen molar-refractivity contribution in [1.82, 2.24) is 9.55 Å². The number of benzene rings is 1. The van der Waals surface area contributed by atoms with Crippen LogP contribution in [-0.4, -0.2) is 22.8 Å². The third kappa shape index (κ3) is 4.26. The van der Waals surface area contributed by atoms with Gasteiger partial charge in [-0.15, -0.1) is 0 Å². The maximum absolute atomic E-state index is 12.4. The number of rotatable bonds is 5. The SMILES string of the molecule is CN(/N=C/Cc1ccccc1)c1cc(=O)n(C2CCCCC2)c(=O)[nH]1. The zero-order valence-corrected chi connectivity index (χ0v) is 14.5. The van der Waals surface area contributed by atoms with Gasteiger partial charge in [0, 0.05) is 31.8 Å². The second-order valence-electron chi connectivity index (χ2n) is 6.47. The predicted molar refractivity (Wildman–Crippen MR) is 100 cm³/mol. The third-order valence-corrected chi connectivity index (χ3v) is 4.66. The summed E-state index contributed by atoms with van der Waals surface area (Å²) in [6.45, 7) is 0. The molecule has 1 aromatic heterocycles. The van der Waals surface area contributed by atoms with E-state index in [1.54, 1.807) is 13.3 Å². The lowest BCUT2D eigenvalue weighted by molar-refractivity contribution is 0.336. The van der Waals surface area contributed by atoms with Crippen LogP contribution >= 0.6 is 0 Å². The second-order valence-corrected chi connectivity index (χ2v) is 6.47. The molecule has 1 N–H and O–H groups in total. The summed E-state index contributed by atoms with van der Waals surface area (Å²) in [7, 11) is 1.72. The first-order valence-electron chi connectivity index (χ1n) is 8.81. The molecule has 0 spiro atoms. The smallest absolute Gasteiger partial charge is 0.292 e. The second kappa shape index (κ2) is 7.96. The molecule has 1 aliphatic rings. The van der Waals surface area contributed by atoms with E-state index in [0.29, 0.717) is 12.2 Å². The number of anilines is 1. The van der Waals surface area contributed by atoms with Crippen LogP contribution in [0.1, 0.15) is 43.7 Å². The summed E-state index contributed by atoms with van der Waals surface area (Å²) >= 11 is 0. The Balaban J connectivity index is 1.74. The molecule has 1 fully saturated rings. The van der Waals surface area contributed by atoms with E-state index < -0.39 is 0 Å². The molecule has 0 saturated heterocycles. The van der Waals surface area contributed by atoms with Gasteiger partial charge in [-0.1, -0.05) is 49.6 Å². The van der Waals surface area contributed by atoms with Gasteiger partial charge in [-0.2, -0.15) is 5.10 Å². The van der Waals surface area contributed by atoms with Crippen molar-refractivity contribution >= 4 is 12.0 Å². The minimum absolute atomic E-state index is 0.0194. The molecule has 2 aromatic rings. The Bertz CT molecular complexity index is 801. The number of hydrogen-bond donors (Lipinski definition) is 1. The number of nitrogens with zero attached hydrogens (tertiary/aromatic N) is 3. The lowest BCUT2D eigenvalue weighted by Crippen LogP contribution is -2.39. The van der Waals surface area contributed by atoms with Crippen molar-refractivity contribution in [2.24, 2.45) is 5.10 Å². The van der Waals surface area contributed by atoms with Crippen molar-refractivity contribution < 1.29 is 0 Å². The number of nitrogens with one attached hydrogen (secondary N) is 1. The van der Waals surface area contributed by atoms with Crippen molar-refractivity contribution in [3.05, 3.63) is 62.8 Å². The fourth-order valence-corrected chi connectivity index (χ4v) is 3.30. The number of aromatic nitrogens is 2. The highest BCUT2D eigenvalue weighted by Gasteiger charge is 2.19. The third-order valence-electron chi connectivity index (χ3n) is 4.66. The normalized spacial score (nSPS) is 15.6. The monoisotopic (exact) mass is 340 g/mol. The topological polar surface area (TPSA) is 70.5 Å². The summed E-state index contributed by atoms with van der Waals surface area (Å²) in [6.07, 6.45) is 7.57. The van der Waals surface area contributed by atoms with Gasteiger partial charge in [0.05, 0.1) is 0 Å². The maximum Gasteiger partial charge on any atom is 0.330 e. The number of hydrazone groups is 1. The summed E-state index contributed by atoms with van der Waals surface area (Å²) < 4.78 is 1.37. The van der Waals surface area contributed by atoms with Crippen LogP contribution in [0.4, 0.5) is 5.82 Å². The van der Waals surface area contributed by atoms with E-state index in [4.69, 9.17) is 0 Å². The molecule has 0 radical (unpaired) electrons. The molecule has 25 heavy (non-hydrogen) atoms. The molecule has 0 amide bonds. The first-order chi connectivity index (χ1) is 12.1. The summed E-state index contributed by atoms with van der Waals surface area (Å²) in [5, 5.41) is 5.83. The highest BCUT2D eigenvalue weighted by molar-refractivity contribution is 5.63. The maximum atomic E-state index is 12.4. The predicted octanol–water partition coefficient (Wildman–Crippen LogP) is 2.71. The lowest BCUT2D eigenvalue weighted by Gasteiger charge is -2.23. The van der Waals surface area contributed by atoms with E-state index in [-0.39, 0.29) is 17.3 Å². The molecule has 6 nitrogen and oxygen atoms in total. The molecular weight excluding hydrogens is 316 g/mol. The molecular formula is C19H24N4O2. The Morgan fingerprint density at radius 3 is 2.60 bits per heavy atom. The van der Waals surface area contributed by atoms with Crippen LogP contribution in [0.15, 0.2) is 51.1 Å². The van der Waals surface area contributed by atoms with Crippen molar-refractivity contribution in [3.63, 3.8) is 0 Å². The number of H-pyrrole nitrogens is 1. The van der Waals surface area contributed by atoms with Crippen LogP contribution in [0.25, 0.3) is 0 Å². The molecule has 1 aromatic carbocycles. The summed E-state index contributed by atoms with van der Waals surface area (Å²) in [6, 6.07) is 11.5. The summed E-state index contributed by atoms with van der Waals surface area (Å²) in [4.78, 5) is 27.6. The van der Waals surface area contributed by atoms with Crippen LogP contribution in [0.2, 0.25) is 0 Å². The van der Waals surface area contributed by atoms with Crippen LogP contribution in [0, 0.1) is 0 Å². The van der Waals surface area contributed by atoms with E-state index >= 15 is 0 Å². The fourth-order valence-electron chi connectivity index (χ4n) is 3.30. The zero-order valence-electron chi connectivity index (χ0n) is 14.5. The van der Waals surface area contributed by atoms with Gasteiger partial charge in [0.15, 0.2) is 0 Å². The lowest BCUT2D eigenvalue weighted by atomic mass is 9.95. The average Bonchev–Trinajstić information content (AvgIpc) is 2.63. The van der Waals surface area contributed by atoms with Crippen LogP contribution in [0.5, 0.6) is 0 Å². The molecule has 1 aliphatic carbocycles. The first kappa shape index (κ1) is 17.2. The van der Waals surface area contributed by atoms with Crippen molar-refractivity contribution in [1.29, 1.82) is 0 Å². The molecule has 1 heterocycles. The van der Waals surface area contributed by atoms with Gasteiger partial charge in [0.1, 0.15) is 5.82 Å². The van der Waals surface area contributed by atoms with Gasteiger partial charge in [0.25, 0.3) is 5.56 Å². The van der Waals surface area contributed by atoms with E-state index in [2.05, 4.69) is 10.1 Å². The molecule has 0 bridgehead atoms. The van der Waals surface area contributed by atoms with Crippen LogP contribution < -0.4 is 16.3 Å². The van der Waals surface area contributed by atoms with Gasteiger partial charge in [-0.3, -0.25) is 19.4 Å². The highest BCUT2D eigenvalue weighted by Crippen LogP contribution is 2.25. The zero-order chi connectivity index (χ0) is 17.6. The minimum atomic E-state index is -0.348. The Morgan fingerprint density at radius 1 is 1.20 bits per heavy atom. The Kier molecular flexibility index (Phi) is 5.48. The molecule has 0 unspecified atom stereocenters. The van der Waals surface area contributed by atoms with Crippen LogP contribution in [0.3, 0.4) is 0 Å². The van der Waals surface area contributed by atoms with Crippen molar-refractivity contribution in [2.75, 3.05) is 12.1 Å². The largest absolute Gasteiger partial charge is 0.330 e. The average molecular weight is 340 g/mol. The van der Waals surface area contributed by atoms with Crippen LogP contribution in [-0.2, 0) is 6.42 Å². The molecule has 0 atom stereocenters. The van der Waals surface area contributed by atoms with E-state index in [0.717, 1.165) is 31.2 Å². The minimum Gasteiger partial charge on any atom is -0.292 e. The standard InChI is InChI=1S/C19H24N4O2/c1-22(20-13-12-15-8-4-2-5-9-15)17-14-18(24)23(19(25)21-17)16-10-6-3-7-11-16/h2,4-5,8-9,13-14,16H,3,6-7,10-12H2,1H3,(H,21,25)/b20-13+. The highest BCUT2D eigenvalue weighted by atomic mass is 16.2. The molecule has 132 valence electrons. The van der Waals surface area contributed by atoms with E-state index in [1.807, 2.05) is 30.3 Å². The molecule has 6 heteroatoms. The Labute approximate surface area is 146 Å². The number of hydrogen-bond acceptors (Lipinski definition) is 4. The van der Waals surface area contributed by atoms with Crippen molar-refractivity contribution in [2.45, 2.75) is 44.6 Å². The summed E-state index contributed by atoms with van der Waals surface area (Å²) in [5.41, 5.74) is 0.552. The quantitative estimate of drug-likeness (QED) is 0.672. The van der Waals surface area contributed by atoms with Gasteiger partial charge in [-0.05, 0) is 18.4 Å². The molecule has 0 aliphatic heterocycles. The van der Waals surface area contributed by atoms with E-state index in [9.17, 15) is 9.59 Å². The Hall–Kier alpha value is -2.63. The van der Waals surface area contributed by atoms with E-state index in [1.165, 1.54) is 22.1 Å². The molecule has 3 rings (SSSR count). The fraction of sp³-hybridized carbons (Fsp3) is 0.421. The molecule has 1 saturated carbocycles. The van der Waals surface area contributed by atoms with Gasteiger partial charge < -0.3 is 0 Å². The van der Waals surface area contributed by atoms with Gasteiger partial charge in [-0.25, -0.2) is 4.79 Å². The van der Waals surface area contributed by atoms with Gasteiger partial charge >= 0.3 is 5.69 Å². The summed E-state index contributed by atoms with van der Waals surface area (Å²) in [5.74, 6) is 0.409.